The fourth-order valence-electron chi connectivity index (χ4n) is 3.15. The van der Waals surface area contributed by atoms with Gasteiger partial charge in [0.2, 0.25) is 5.43 Å². The third kappa shape index (κ3) is 2.59. The summed E-state index contributed by atoms with van der Waals surface area (Å²) in [4.78, 5) is 32.3. The van der Waals surface area contributed by atoms with Gasteiger partial charge in [-0.2, -0.15) is 0 Å². The van der Waals surface area contributed by atoms with Crippen molar-refractivity contribution in [2.24, 2.45) is 0 Å². The Bertz CT molecular complexity index is 1450. The molecule has 136 valence electrons. The Morgan fingerprint density at radius 2 is 1.71 bits per heavy atom. The summed E-state index contributed by atoms with van der Waals surface area (Å²) < 4.78 is 15.6. The highest BCUT2D eigenvalue weighted by Crippen LogP contribution is 2.28. The molecule has 0 fully saturated rings. The highest BCUT2D eigenvalue weighted by molar-refractivity contribution is 7.24. The van der Waals surface area contributed by atoms with Gasteiger partial charge in [0.25, 0.3) is 5.56 Å². The molecule has 3 aromatic heterocycles. The van der Waals surface area contributed by atoms with Gasteiger partial charge in [0, 0.05) is 10.1 Å². The van der Waals surface area contributed by atoms with Crippen LogP contribution in [0.3, 0.4) is 0 Å². The topological polar surface area (TPSA) is 52.0 Å². The monoisotopic (exact) mass is 406 g/mol. The van der Waals surface area contributed by atoms with Crippen LogP contribution >= 0.6 is 22.7 Å². The average Bonchev–Trinajstić information content (AvgIpc) is 3.23. The second-order valence-corrected chi connectivity index (χ2v) is 8.12. The average molecular weight is 406 g/mol. The molecule has 28 heavy (non-hydrogen) atoms. The largest absolute Gasteiger partial charge is 0.288 e. The maximum Gasteiger partial charge on any atom is 0.271 e. The fraction of sp³-hybridized carbons (Fsp3) is 0. The third-order valence-electron chi connectivity index (χ3n) is 4.44. The first kappa shape index (κ1) is 17.0. The van der Waals surface area contributed by atoms with Crippen LogP contribution in [0.25, 0.3) is 36.7 Å². The lowest BCUT2D eigenvalue weighted by molar-refractivity contribution is 0.627. The summed E-state index contributed by atoms with van der Waals surface area (Å²) in [7, 11) is 0. The molecule has 0 bridgehead atoms. The molecule has 5 rings (SSSR count). The van der Waals surface area contributed by atoms with Crippen molar-refractivity contribution in [3.8, 4) is 16.4 Å². The Hall–Kier alpha value is -3.16. The molecule has 0 saturated carbocycles. The number of thiophene rings is 1. The van der Waals surface area contributed by atoms with Crippen molar-refractivity contribution in [3.63, 3.8) is 0 Å². The molecule has 0 aliphatic carbocycles. The van der Waals surface area contributed by atoms with Crippen LogP contribution in [0.15, 0.2) is 75.6 Å². The van der Waals surface area contributed by atoms with Crippen LogP contribution < -0.4 is 11.0 Å². The first-order valence-corrected chi connectivity index (χ1v) is 10.1. The van der Waals surface area contributed by atoms with E-state index >= 15 is 0 Å². The zero-order valence-electron chi connectivity index (χ0n) is 14.3. The van der Waals surface area contributed by atoms with E-state index in [2.05, 4.69) is 4.98 Å². The van der Waals surface area contributed by atoms with Gasteiger partial charge >= 0.3 is 0 Å². The summed E-state index contributed by atoms with van der Waals surface area (Å²) in [6.07, 6.45) is 0. The summed E-state index contributed by atoms with van der Waals surface area (Å²) in [6, 6.07) is 16.5. The van der Waals surface area contributed by atoms with E-state index in [4.69, 9.17) is 0 Å². The molecule has 0 atom stereocenters. The van der Waals surface area contributed by atoms with Crippen LogP contribution in [0, 0.1) is 5.82 Å². The van der Waals surface area contributed by atoms with E-state index < -0.39 is 11.4 Å². The zero-order valence-corrected chi connectivity index (χ0v) is 15.9. The first-order chi connectivity index (χ1) is 13.6. The van der Waals surface area contributed by atoms with Gasteiger partial charge in [-0.05, 0) is 47.8 Å². The lowest BCUT2D eigenvalue weighted by Crippen LogP contribution is -2.25. The number of benzene rings is 2. The molecule has 0 saturated heterocycles. The minimum atomic E-state index is -0.452. The van der Waals surface area contributed by atoms with Crippen molar-refractivity contribution in [2.75, 3.05) is 0 Å². The van der Waals surface area contributed by atoms with Crippen LogP contribution in [-0.4, -0.2) is 9.55 Å². The van der Waals surface area contributed by atoms with Crippen LogP contribution in [-0.2, 0) is 0 Å². The van der Waals surface area contributed by atoms with Gasteiger partial charge in [-0.25, -0.2) is 9.37 Å². The number of aromatic nitrogens is 2. The van der Waals surface area contributed by atoms with Crippen molar-refractivity contribution < 1.29 is 4.39 Å². The first-order valence-electron chi connectivity index (χ1n) is 8.42. The molecule has 0 amide bonds. The quantitative estimate of drug-likeness (QED) is 0.395. The van der Waals surface area contributed by atoms with Gasteiger partial charge in [0.15, 0.2) is 5.82 Å². The molecule has 0 aliphatic rings. The van der Waals surface area contributed by atoms with Gasteiger partial charge in [-0.1, -0.05) is 18.2 Å². The fourth-order valence-corrected chi connectivity index (χ4v) is 4.90. The maximum absolute atomic E-state index is 13.4. The number of hydrogen-bond acceptors (Lipinski definition) is 5. The number of nitrogens with zero attached hydrogens (tertiary/aromatic N) is 2. The standard InChI is InChI=1S/C21H11FN2O2S2/c22-12-7-9-13(10-8-12)24-19(16-6-3-11-27-16)23-20-17(21(24)26)18(25)14-4-1-2-5-15(14)28-20/h1-11H. The molecule has 0 spiro atoms. The van der Waals surface area contributed by atoms with E-state index in [1.54, 1.807) is 12.1 Å². The summed E-state index contributed by atoms with van der Waals surface area (Å²) in [5.74, 6) is 0.0333. The van der Waals surface area contributed by atoms with E-state index in [1.165, 1.54) is 51.5 Å². The lowest BCUT2D eigenvalue weighted by atomic mass is 10.2. The molecule has 5 aromatic rings. The van der Waals surface area contributed by atoms with E-state index in [0.29, 0.717) is 21.7 Å². The van der Waals surface area contributed by atoms with Gasteiger partial charge in [-0.15, -0.1) is 22.7 Å². The van der Waals surface area contributed by atoms with Crippen LogP contribution in [0.2, 0.25) is 0 Å². The van der Waals surface area contributed by atoms with Crippen molar-refractivity contribution >= 4 is 43.0 Å². The highest BCUT2D eigenvalue weighted by Gasteiger charge is 2.19. The number of rotatable bonds is 2. The van der Waals surface area contributed by atoms with E-state index in [-0.39, 0.29) is 10.8 Å². The lowest BCUT2D eigenvalue weighted by Gasteiger charge is -2.12. The third-order valence-corrected chi connectivity index (χ3v) is 6.37. The van der Waals surface area contributed by atoms with E-state index in [0.717, 1.165) is 9.58 Å². The van der Waals surface area contributed by atoms with Gasteiger partial charge in [0.1, 0.15) is 16.0 Å². The van der Waals surface area contributed by atoms with Crippen molar-refractivity contribution in [1.82, 2.24) is 9.55 Å². The summed E-state index contributed by atoms with van der Waals surface area (Å²) in [5, 5.41) is 2.44. The summed E-state index contributed by atoms with van der Waals surface area (Å²) >= 11 is 2.76. The molecule has 0 radical (unpaired) electrons. The van der Waals surface area contributed by atoms with Crippen LogP contribution in [0.5, 0.6) is 0 Å². The summed E-state index contributed by atoms with van der Waals surface area (Å²) in [5.41, 5.74) is -0.329. The Labute approximate surface area is 165 Å². The predicted molar refractivity (Wildman–Crippen MR) is 112 cm³/mol. The Morgan fingerprint density at radius 3 is 2.46 bits per heavy atom. The molecular formula is C21H11FN2O2S2. The van der Waals surface area contributed by atoms with Gasteiger partial charge < -0.3 is 0 Å². The molecule has 7 heteroatoms. The van der Waals surface area contributed by atoms with Crippen molar-refractivity contribution in [2.45, 2.75) is 0 Å². The molecule has 0 unspecified atom stereocenters. The number of fused-ring (bicyclic) bond motifs is 2. The minimum absolute atomic E-state index is 0.0494. The van der Waals surface area contributed by atoms with Crippen LogP contribution in [0.4, 0.5) is 4.39 Å². The predicted octanol–water partition coefficient (Wildman–Crippen LogP) is 4.83. The summed E-state index contributed by atoms with van der Waals surface area (Å²) in [6.45, 7) is 0. The maximum atomic E-state index is 13.4. The van der Waals surface area contributed by atoms with Crippen molar-refractivity contribution in [1.29, 1.82) is 0 Å². The normalized spacial score (nSPS) is 11.3. The number of hydrogen-bond donors (Lipinski definition) is 0. The Balaban J connectivity index is 1.97. The van der Waals surface area contributed by atoms with Crippen molar-refractivity contribution in [3.05, 3.63) is 92.4 Å². The number of halogens is 1. The van der Waals surface area contributed by atoms with E-state index in [1.807, 2.05) is 29.6 Å². The molecule has 2 aromatic carbocycles. The molecular weight excluding hydrogens is 395 g/mol. The SMILES string of the molecule is O=c1c2ccccc2sc2nc(-c3cccs3)n(-c3ccc(F)cc3)c(=O)c12. The van der Waals surface area contributed by atoms with E-state index in [9.17, 15) is 14.0 Å². The van der Waals surface area contributed by atoms with Gasteiger partial charge in [0.05, 0.1) is 10.6 Å². The molecule has 4 nitrogen and oxygen atoms in total. The Kier molecular flexibility index (Phi) is 3.92. The highest BCUT2D eigenvalue weighted by atomic mass is 32.1. The molecule has 0 aliphatic heterocycles. The smallest absolute Gasteiger partial charge is 0.271 e. The minimum Gasteiger partial charge on any atom is -0.288 e. The van der Waals surface area contributed by atoms with Gasteiger partial charge in [-0.3, -0.25) is 14.2 Å². The Morgan fingerprint density at radius 1 is 0.929 bits per heavy atom. The zero-order chi connectivity index (χ0) is 19.3. The molecule has 3 heterocycles. The molecule has 0 N–H and O–H groups in total. The second kappa shape index (κ2) is 6.47. The van der Waals surface area contributed by atoms with Crippen LogP contribution in [0.1, 0.15) is 0 Å². The second-order valence-electron chi connectivity index (χ2n) is 6.14.